The molecule has 0 saturated carbocycles. The zero-order valence-electron chi connectivity index (χ0n) is 18.4. The van der Waals surface area contributed by atoms with Crippen LogP contribution in [-0.2, 0) is 45.1 Å². The van der Waals surface area contributed by atoms with Gasteiger partial charge in [0.2, 0.25) is 0 Å². The van der Waals surface area contributed by atoms with E-state index in [0.717, 1.165) is 0 Å². The van der Waals surface area contributed by atoms with E-state index in [0.29, 0.717) is 0 Å². The smallest absolute Gasteiger partial charge is 0.213 e. The Bertz CT molecular complexity index is 508. The molecule has 0 bridgehead atoms. The molecule has 1 heteroatoms. The summed E-state index contributed by atoms with van der Waals surface area (Å²) >= 11 is 0. The average molecular weight is 409 g/mol. The third-order valence-corrected chi connectivity index (χ3v) is 4.65. The summed E-state index contributed by atoms with van der Waals surface area (Å²) in [6, 6.07) is 25.8. The van der Waals surface area contributed by atoms with E-state index < -0.39 is 0 Å². The minimum atomic E-state index is 0. The van der Waals surface area contributed by atoms with E-state index in [9.17, 15) is 0 Å². The summed E-state index contributed by atoms with van der Waals surface area (Å²) in [6.07, 6.45) is 11.6. The standard InChI is InChI=1S/3C9H13.Sc/c3*1-2-3-6-9-7-4-5-8-9;/h3*4-5,7-8H,2-3,6H2,1H3;/q3*-1;+3. The monoisotopic (exact) mass is 408 g/mol. The van der Waals surface area contributed by atoms with E-state index in [4.69, 9.17) is 0 Å². The van der Waals surface area contributed by atoms with Crippen LogP contribution in [0, 0.1) is 0 Å². The number of rotatable bonds is 9. The average Bonchev–Trinajstić information content (AvgIpc) is 3.47. The van der Waals surface area contributed by atoms with E-state index in [1.165, 1.54) is 74.5 Å². The number of aryl methyl sites for hydroxylation is 3. The van der Waals surface area contributed by atoms with Gasteiger partial charge in [-0.2, -0.15) is 53.1 Å². The molecule has 28 heavy (non-hydrogen) atoms. The maximum atomic E-state index is 2.23. The molecule has 0 amide bonds. The van der Waals surface area contributed by atoms with Crippen molar-refractivity contribution in [3.8, 4) is 0 Å². The van der Waals surface area contributed by atoms with Crippen molar-refractivity contribution in [2.24, 2.45) is 0 Å². The molecular weight excluding hydrogens is 369 g/mol. The van der Waals surface area contributed by atoms with Crippen molar-refractivity contribution in [3.63, 3.8) is 0 Å². The number of hydrogen-bond acceptors (Lipinski definition) is 0. The van der Waals surface area contributed by atoms with Gasteiger partial charge in [-0.05, 0) is 0 Å². The molecule has 0 aromatic heterocycles. The third-order valence-electron chi connectivity index (χ3n) is 4.65. The van der Waals surface area contributed by atoms with Crippen molar-refractivity contribution in [1.29, 1.82) is 0 Å². The summed E-state index contributed by atoms with van der Waals surface area (Å²) < 4.78 is 0. The van der Waals surface area contributed by atoms with Crippen molar-refractivity contribution in [2.75, 3.05) is 0 Å². The van der Waals surface area contributed by atoms with Crippen molar-refractivity contribution < 1.29 is 25.8 Å². The Morgan fingerprint density at radius 2 is 0.643 bits per heavy atom. The Balaban J connectivity index is 0.000000384. The van der Waals surface area contributed by atoms with Gasteiger partial charge in [0, 0.05) is 0 Å². The first kappa shape index (κ1) is 26.9. The van der Waals surface area contributed by atoms with Crippen LogP contribution in [0.2, 0.25) is 0 Å². The van der Waals surface area contributed by atoms with Crippen LogP contribution in [0.15, 0.2) is 72.8 Å². The molecule has 0 N–H and O–H groups in total. The van der Waals surface area contributed by atoms with Gasteiger partial charge in [0.15, 0.2) is 0 Å². The van der Waals surface area contributed by atoms with E-state index in [1.54, 1.807) is 0 Å². The Hall–Kier alpha value is -1.08. The molecule has 0 spiro atoms. The fraction of sp³-hybridized carbons (Fsp3) is 0.444. The minimum Gasteiger partial charge on any atom is -0.213 e. The summed E-state index contributed by atoms with van der Waals surface area (Å²) in [6.45, 7) is 6.68. The summed E-state index contributed by atoms with van der Waals surface area (Å²) in [4.78, 5) is 0. The van der Waals surface area contributed by atoms with E-state index >= 15 is 0 Å². The van der Waals surface area contributed by atoms with Gasteiger partial charge in [0.1, 0.15) is 0 Å². The first-order chi connectivity index (χ1) is 13.3. The van der Waals surface area contributed by atoms with Crippen LogP contribution in [0.25, 0.3) is 0 Å². The molecule has 0 saturated heterocycles. The molecule has 0 aliphatic rings. The zero-order chi connectivity index (χ0) is 19.6. The first-order valence-electron chi connectivity index (χ1n) is 10.9. The quantitative estimate of drug-likeness (QED) is 0.313. The van der Waals surface area contributed by atoms with Crippen LogP contribution in [0.4, 0.5) is 0 Å². The molecule has 0 nitrogen and oxygen atoms in total. The molecule has 0 fully saturated rings. The van der Waals surface area contributed by atoms with Gasteiger partial charge in [-0.15, -0.1) is 0 Å². The second kappa shape index (κ2) is 19.2. The van der Waals surface area contributed by atoms with Crippen molar-refractivity contribution in [2.45, 2.75) is 78.6 Å². The second-order valence-corrected chi connectivity index (χ2v) is 7.19. The predicted octanol–water partition coefficient (Wildman–Crippen LogP) is 8.24. The van der Waals surface area contributed by atoms with Crippen LogP contribution in [0.5, 0.6) is 0 Å². The van der Waals surface area contributed by atoms with Gasteiger partial charge in [-0.25, -0.2) is 36.4 Å². The van der Waals surface area contributed by atoms with Gasteiger partial charge in [0.05, 0.1) is 0 Å². The van der Waals surface area contributed by atoms with Crippen LogP contribution < -0.4 is 0 Å². The van der Waals surface area contributed by atoms with Gasteiger partial charge in [0.25, 0.3) is 0 Å². The van der Waals surface area contributed by atoms with Crippen LogP contribution in [0.1, 0.15) is 76.0 Å². The molecule has 0 aliphatic heterocycles. The topological polar surface area (TPSA) is 0 Å². The van der Waals surface area contributed by atoms with Gasteiger partial charge in [-0.1, -0.05) is 78.6 Å². The normalized spacial score (nSPS) is 9.54. The van der Waals surface area contributed by atoms with Crippen LogP contribution >= 0.6 is 0 Å². The predicted molar refractivity (Wildman–Crippen MR) is 122 cm³/mol. The summed E-state index contributed by atoms with van der Waals surface area (Å²) in [5.41, 5.74) is 4.45. The zero-order valence-corrected chi connectivity index (χ0v) is 20.2. The summed E-state index contributed by atoms with van der Waals surface area (Å²) in [7, 11) is 0. The largest absolute Gasteiger partial charge is 3.00 e. The Kier molecular flexibility index (Phi) is 18.5. The second-order valence-electron chi connectivity index (χ2n) is 7.19. The first-order valence-corrected chi connectivity index (χ1v) is 10.9. The molecule has 150 valence electrons. The van der Waals surface area contributed by atoms with Crippen molar-refractivity contribution in [3.05, 3.63) is 89.5 Å². The number of unbranched alkanes of at least 4 members (excludes halogenated alkanes) is 3. The van der Waals surface area contributed by atoms with E-state index in [-0.39, 0.29) is 25.8 Å². The molecular formula is C27H39Sc. The SMILES string of the molecule is CCCC[c-]1cccc1.CCCC[c-]1cccc1.CCCC[c-]1cccc1.[Sc+3]. The Morgan fingerprint density at radius 3 is 0.821 bits per heavy atom. The molecule has 0 atom stereocenters. The van der Waals surface area contributed by atoms with E-state index in [1.807, 2.05) is 0 Å². The fourth-order valence-corrected chi connectivity index (χ4v) is 2.88. The van der Waals surface area contributed by atoms with Crippen LogP contribution in [0.3, 0.4) is 0 Å². The minimum absolute atomic E-state index is 0. The van der Waals surface area contributed by atoms with E-state index in [2.05, 4.69) is 93.6 Å². The van der Waals surface area contributed by atoms with Crippen molar-refractivity contribution in [1.82, 2.24) is 0 Å². The summed E-state index contributed by atoms with van der Waals surface area (Å²) in [5.74, 6) is 0. The molecule has 3 aromatic carbocycles. The molecule has 3 rings (SSSR count). The Morgan fingerprint density at radius 1 is 0.429 bits per heavy atom. The van der Waals surface area contributed by atoms with Gasteiger partial charge >= 0.3 is 25.8 Å². The fourth-order valence-electron chi connectivity index (χ4n) is 2.88. The maximum absolute atomic E-state index is 2.23. The van der Waals surface area contributed by atoms with Crippen molar-refractivity contribution >= 4 is 0 Å². The molecule has 0 radical (unpaired) electrons. The number of hydrogen-bond donors (Lipinski definition) is 0. The summed E-state index contributed by atoms with van der Waals surface area (Å²) in [5, 5.41) is 0. The van der Waals surface area contributed by atoms with Crippen LogP contribution in [-0.4, -0.2) is 0 Å². The third kappa shape index (κ3) is 14.0. The molecule has 0 aliphatic carbocycles. The van der Waals surface area contributed by atoms with Gasteiger partial charge in [-0.3, -0.25) is 0 Å². The molecule has 3 aromatic rings. The molecule has 0 heterocycles. The van der Waals surface area contributed by atoms with Gasteiger partial charge < -0.3 is 0 Å². The molecule has 0 unspecified atom stereocenters. The Labute approximate surface area is 193 Å². The maximum Gasteiger partial charge on any atom is 3.00 e.